The predicted molar refractivity (Wildman–Crippen MR) is 82.5 cm³/mol. The maximum Gasteiger partial charge on any atom is 0.410 e. The minimum absolute atomic E-state index is 0.0436. The highest BCUT2D eigenvalue weighted by Gasteiger charge is 2.28. The molecule has 0 saturated carbocycles. The van der Waals surface area contributed by atoms with E-state index in [2.05, 4.69) is 0 Å². The first-order valence-electron chi connectivity index (χ1n) is 8.08. The van der Waals surface area contributed by atoms with Crippen molar-refractivity contribution in [2.75, 3.05) is 32.8 Å². The van der Waals surface area contributed by atoms with E-state index in [9.17, 15) is 14.0 Å². The van der Waals surface area contributed by atoms with Gasteiger partial charge in [0.05, 0.1) is 6.54 Å². The van der Waals surface area contributed by atoms with Crippen molar-refractivity contribution in [2.24, 2.45) is 0 Å². The first-order chi connectivity index (χ1) is 11.1. The molecular weight excluding hydrogens is 299 g/mol. The van der Waals surface area contributed by atoms with Crippen molar-refractivity contribution < 1.29 is 18.7 Å². The Kier molecular flexibility index (Phi) is 4.79. The minimum Gasteiger partial charge on any atom is -0.448 e. The number of ether oxygens (including phenoxy) is 1. The average Bonchev–Trinajstić information content (AvgIpc) is 2.80. The summed E-state index contributed by atoms with van der Waals surface area (Å²) in [7, 11) is 0. The van der Waals surface area contributed by atoms with Crippen LogP contribution in [0.15, 0.2) is 24.3 Å². The Morgan fingerprint density at radius 1 is 1.22 bits per heavy atom. The fourth-order valence-electron chi connectivity index (χ4n) is 3.21. The fourth-order valence-corrected chi connectivity index (χ4v) is 3.21. The predicted octanol–water partition coefficient (Wildman–Crippen LogP) is 2.37. The maximum atomic E-state index is 13.1. The lowest BCUT2D eigenvalue weighted by Gasteiger charge is -2.26. The normalized spacial score (nSPS) is 22.0. The van der Waals surface area contributed by atoms with Crippen LogP contribution in [0.1, 0.15) is 30.7 Å². The summed E-state index contributed by atoms with van der Waals surface area (Å²) < 4.78 is 17.9. The molecule has 0 aliphatic carbocycles. The molecule has 3 rings (SSSR count). The van der Waals surface area contributed by atoms with E-state index >= 15 is 0 Å². The van der Waals surface area contributed by atoms with E-state index in [1.165, 1.54) is 17.0 Å². The molecule has 0 N–H and O–H groups in total. The molecule has 2 aliphatic heterocycles. The van der Waals surface area contributed by atoms with Gasteiger partial charge >= 0.3 is 6.09 Å². The van der Waals surface area contributed by atoms with Crippen LogP contribution in [0.5, 0.6) is 0 Å². The third-order valence-electron chi connectivity index (χ3n) is 4.54. The van der Waals surface area contributed by atoms with Crippen LogP contribution >= 0.6 is 0 Å². The van der Waals surface area contributed by atoms with E-state index in [0.717, 1.165) is 24.8 Å². The standard InChI is InChI=1S/C17H21FN2O3/c18-15-6-4-13(5-7-15)14-3-1-2-8-19(11-14)16(21)12-20-9-10-23-17(20)22/h4-7,14H,1-3,8-12H2/t14-/m0/s1. The molecule has 2 saturated heterocycles. The Morgan fingerprint density at radius 3 is 2.70 bits per heavy atom. The number of hydrogen-bond donors (Lipinski definition) is 0. The Labute approximate surface area is 135 Å². The lowest BCUT2D eigenvalue weighted by Crippen LogP contribution is -2.42. The van der Waals surface area contributed by atoms with Gasteiger partial charge in [0.1, 0.15) is 19.0 Å². The Bertz CT molecular complexity index is 576. The maximum absolute atomic E-state index is 13.1. The van der Waals surface area contributed by atoms with E-state index in [1.54, 1.807) is 12.1 Å². The van der Waals surface area contributed by atoms with Crippen LogP contribution in [0, 0.1) is 5.82 Å². The molecule has 2 fully saturated rings. The van der Waals surface area contributed by atoms with Crippen molar-refractivity contribution in [3.8, 4) is 0 Å². The van der Waals surface area contributed by atoms with Gasteiger partial charge in [-0.05, 0) is 30.5 Å². The number of cyclic esters (lactones) is 1. The van der Waals surface area contributed by atoms with E-state index in [-0.39, 0.29) is 24.2 Å². The van der Waals surface area contributed by atoms with Crippen LogP contribution in [-0.2, 0) is 9.53 Å². The van der Waals surface area contributed by atoms with E-state index in [1.807, 2.05) is 4.90 Å². The van der Waals surface area contributed by atoms with Crippen molar-refractivity contribution in [3.63, 3.8) is 0 Å². The van der Waals surface area contributed by atoms with Gasteiger partial charge < -0.3 is 9.64 Å². The summed E-state index contributed by atoms with van der Waals surface area (Å²) in [6.07, 6.45) is 2.57. The third kappa shape index (κ3) is 3.81. The van der Waals surface area contributed by atoms with Gasteiger partial charge in [-0.3, -0.25) is 9.69 Å². The van der Waals surface area contributed by atoms with Gasteiger partial charge in [-0.25, -0.2) is 9.18 Å². The smallest absolute Gasteiger partial charge is 0.410 e. The second kappa shape index (κ2) is 6.98. The van der Waals surface area contributed by atoms with Crippen LogP contribution in [-0.4, -0.2) is 54.6 Å². The molecule has 0 unspecified atom stereocenters. The fraction of sp³-hybridized carbons (Fsp3) is 0.529. The van der Waals surface area contributed by atoms with Crippen molar-refractivity contribution in [3.05, 3.63) is 35.6 Å². The number of amides is 2. The van der Waals surface area contributed by atoms with E-state index in [4.69, 9.17) is 4.74 Å². The quantitative estimate of drug-likeness (QED) is 0.859. The molecule has 5 nitrogen and oxygen atoms in total. The summed E-state index contributed by atoms with van der Waals surface area (Å²) in [5, 5.41) is 0. The van der Waals surface area contributed by atoms with Crippen molar-refractivity contribution in [1.29, 1.82) is 0 Å². The van der Waals surface area contributed by atoms with Crippen molar-refractivity contribution in [2.45, 2.75) is 25.2 Å². The number of rotatable bonds is 3. The number of halogens is 1. The largest absolute Gasteiger partial charge is 0.448 e. The van der Waals surface area contributed by atoms with Crippen LogP contribution in [0.4, 0.5) is 9.18 Å². The second-order valence-electron chi connectivity index (χ2n) is 6.12. The number of benzene rings is 1. The number of carbonyl (C=O) groups excluding carboxylic acids is 2. The third-order valence-corrected chi connectivity index (χ3v) is 4.54. The second-order valence-corrected chi connectivity index (χ2v) is 6.12. The van der Waals surface area contributed by atoms with Crippen LogP contribution in [0.3, 0.4) is 0 Å². The van der Waals surface area contributed by atoms with Crippen LogP contribution in [0.25, 0.3) is 0 Å². The first-order valence-corrected chi connectivity index (χ1v) is 8.08. The van der Waals surface area contributed by atoms with Gasteiger partial charge in [0.25, 0.3) is 0 Å². The number of likely N-dealkylation sites (tertiary alicyclic amines) is 1. The summed E-state index contributed by atoms with van der Waals surface area (Å²) >= 11 is 0. The van der Waals surface area contributed by atoms with E-state index < -0.39 is 6.09 Å². The SMILES string of the molecule is O=C(CN1CCOC1=O)N1CCCC[C@H](c2ccc(F)cc2)C1. The Hall–Kier alpha value is -2.11. The van der Waals surface area contributed by atoms with Gasteiger partial charge in [0.15, 0.2) is 0 Å². The molecular formula is C17H21FN2O3. The number of nitrogens with zero attached hydrogens (tertiary/aromatic N) is 2. The molecule has 1 aromatic carbocycles. The summed E-state index contributed by atoms with van der Waals surface area (Å²) in [6, 6.07) is 6.52. The van der Waals surface area contributed by atoms with Gasteiger partial charge in [-0.2, -0.15) is 0 Å². The molecule has 2 aliphatic rings. The zero-order valence-corrected chi connectivity index (χ0v) is 13.0. The zero-order chi connectivity index (χ0) is 16.2. The number of carbonyl (C=O) groups is 2. The van der Waals surface area contributed by atoms with Crippen LogP contribution < -0.4 is 0 Å². The minimum atomic E-state index is -0.414. The van der Waals surface area contributed by atoms with E-state index in [0.29, 0.717) is 26.2 Å². The molecule has 0 bridgehead atoms. The van der Waals surface area contributed by atoms with Gasteiger partial charge in [0.2, 0.25) is 5.91 Å². The molecule has 0 aromatic heterocycles. The van der Waals surface area contributed by atoms with Gasteiger partial charge in [-0.15, -0.1) is 0 Å². The van der Waals surface area contributed by atoms with Gasteiger partial charge in [0, 0.05) is 19.0 Å². The molecule has 23 heavy (non-hydrogen) atoms. The Morgan fingerprint density at radius 2 is 2.00 bits per heavy atom. The summed E-state index contributed by atoms with van der Waals surface area (Å²) in [5.74, 6) is -0.0757. The van der Waals surface area contributed by atoms with Crippen LogP contribution in [0.2, 0.25) is 0 Å². The molecule has 0 radical (unpaired) electrons. The summed E-state index contributed by atoms with van der Waals surface area (Å²) in [5.41, 5.74) is 1.06. The molecule has 2 amide bonds. The molecule has 2 heterocycles. The highest BCUT2D eigenvalue weighted by Crippen LogP contribution is 2.27. The molecule has 0 spiro atoms. The monoisotopic (exact) mass is 320 g/mol. The lowest BCUT2D eigenvalue weighted by molar-refractivity contribution is -0.131. The molecule has 1 atom stereocenters. The molecule has 6 heteroatoms. The summed E-state index contributed by atoms with van der Waals surface area (Å²) in [6.45, 7) is 2.23. The molecule has 124 valence electrons. The van der Waals surface area contributed by atoms with Crippen molar-refractivity contribution >= 4 is 12.0 Å². The van der Waals surface area contributed by atoms with Crippen molar-refractivity contribution in [1.82, 2.24) is 9.80 Å². The molecule has 1 aromatic rings. The number of hydrogen-bond acceptors (Lipinski definition) is 3. The highest BCUT2D eigenvalue weighted by molar-refractivity contribution is 5.83. The average molecular weight is 320 g/mol. The highest BCUT2D eigenvalue weighted by atomic mass is 19.1. The zero-order valence-electron chi connectivity index (χ0n) is 13.0. The Balaban J connectivity index is 1.65. The van der Waals surface area contributed by atoms with Gasteiger partial charge in [-0.1, -0.05) is 18.6 Å². The lowest BCUT2D eigenvalue weighted by atomic mass is 9.94. The first kappa shape index (κ1) is 15.8. The topological polar surface area (TPSA) is 49.9 Å². The summed E-state index contributed by atoms with van der Waals surface area (Å²) in [4.78, 5) is 27.2.